The Bertz CT molecular complexity index is 593. The molecule has 0 fully saturated rings. The molecule has 0 aliphatic carbocycles. The highest BCUT2D eigenvalue weighted by Gasteiger charge is 2.12. The maximum atomic E-state index is 12.0. The second kappa shape index (κ2) is 5.86. The molecule has 0 spiro atoms. The predicted molar refractivity (Wildman–Crippen MR) is 69.1 cm³/mol. The van der Waals surface area contributed by atoms with Crippen molar-refractivity contribution < 1.29 is 13.5 Å². The van der Waals surface area contributed by atoms with Crippen LogP contribution in [0.1, 0.15) is 0 Å². The van der Waals surface area contributed by atoms with Gasteiger partial charge < -0.3 is 4.74 Å². The third-order valence-corrected chi connectivity index (χ3v) is 3.46. The third-order valence-electron chi connectivity index (χ3n) is 2.17. The number of rotatable bonds is 3. The lowest BCUT2D eigenvalue weighted by Gasteiger charge is -2.07. The van der Waals surface area contributed by atoms with Crippen LogP contribution in [0.25, 0.3) is 11.1 Å². The molecule has 1 aromatic heterocycles. The van der Waals surface area contributed by atoms with Gasteiger partial charge >= 0.3 is 12.6 Å². The summed E-state index contributed by atoms with van der Waals surface area (Å²) in [5.74, 6) is 0. The molecule has 1 heterocycles. The first kappa shape index (κ1) is 14.2. The van der Waals surface area contributed by atoms with Gasteiger partial charge in [-0.2, -0.15) is 8.78 Å². The van der Waals surface area contributed by atoms with Crippen LogP contribution in [-0.2, 0) is 0 Å². The average Bonchev–Trinajstić information content (AvgIpc) is 2.37. The number of nitrogens with zero attached hydrogens (tertiary/aromatic N) is 2. The number of halogens is 5. The van der Waals surface area contributed by atoms with Crippen molar-refractivity contribution in [2.75, 3.05) is 0 Å². The first-order valence-electron chi connectivity index (χ1n) is 4.89. The number of alkyl halides is 2. The van der Waals surface area contributed by atoms with Gasteiger partial charge in [-0.25, -0.2) is 9.97 Å². The maximum absolute atomic E-state index is 12.0. The average molecular weight is 326 g/mol. The van der Waals surface area contributed by atoms with Gasteiger partial charge in [-0.1, -0.05) is 40.9 Å². The lowest BCUT2D eigenvalue weighted by atomic mass is 10.1. The van der Waals surface area contributed by atoms with Gasteiger partial charge in [0.05, 0.1) is 15.1 Å². The minimum Gasteiger partial charge on any atom is -0.401 e. The fourth-order valence-corrected chi connectivity index (χ4v) is 1.99. The molecule has 0 unspecified atom stereocenters. The number of hydrogen-bond donors (Lipinski definition) is 0. The fraction of sp³-hybridized carbons (Fsp3) is 0.0909. The monoisotopic (exact) mass is 324 g/mol. The molecule has 19 heavy (non-hydrogen) atoms. The normalized spacial score (nSPS) is 10.8. The van der Waals surface area contributed by atoms with Crippen LogP contribution in [0.2, 0.25) is 15.1 Å². The Balaban J connectivity index is 2.35. The van der Waals surface area contributed by atoms with Crippen molar-refractivity contribution in [2.24, 2.45) is 0 Å². The number of aromatic nitrogens is 2. The maximum Gasteiger partial charge on any atom is 0.389 e. The summed E-state index contributed by atoms with van der Waals surface area (Å²) in [5, 5.41) is 0.753. The molecule has 100 valence electrons. The van der Waals surface area contributed by atoms with Gasteiger partial charge in [0.1, 0.15) is 0 Å². The summed E-state index contributed by atoms with van der Waals surface area (Å²) >= 11 is 17.7. The smallest absolute Gasteiger partial charge is 0.389 e. The molecular formula is C11H5Cl3F2N2O. The van der Waals surface area contributed by atoms with E-state index >= 15 is 0 Å². The van der Waals surface area contributed by atoms with Crippen LogP contribution >= 0.6 is 34.8 Å². The molecule has 0 aliphatic heterocycles. The van der Waals surface area contributed by atoms with Crippen molar-refractivity contribution >= 4 is 34.8 Å². The lowest BCUT2D eigenvalue weighted by molar-refractivity contribution is -0.0560. The van der Waals surface area contributed by atoms with E-state index in [9.17, 15) is 8.78 Å². The van der Waals surface area contributed by atoms with Gasteiger partial charge in [-0.05, 0) is 6.07 Å². The van der Waals surface area contributed by atoms with Gasteiger partial charge in [-0.3, -0.25) is 0 Å². The number of benzene rings is 1. The largest absolute Gasteiger partial charge is 0.401 e. The van der Waals surface area contributed by atoms with Crippen LogP contribution in [0, 0.1) is 0 Å². The number of ether oxygens (including phenoxy) is 1. The van der Waals surface area contributed by atoms with E-state index in [0.717, 1.165) is 0 Å². The topological polar surface area (TPSA) is 35.0 Å². The molecule has 2 rings (SSSR count). The molecule has 3 nitrogen and oxygen atoms in total. The summed E-state index contributed by atoms with van der Waals surface area (Å²) in [4.78, 5) is 7.28. The van der Waals surface area contributed by atoms with Crippen LogP contribution in [-0.4, -0.2) is 16.6 Å². The van der Waals surface area contributed by atoms with Gasteiger partial charge in [-0.15, -0.1) is 0 Å². The quantitative estimate of drug-likeness (QED) is 0.767. The van der Waals surface area contributed by atoms with Crippen molar-refractivity contribution in [3.8, 4) is 17.1 Å². The second-order valence-corrected chi connectivity index (χ2v) is 4.52. The van der Waals surface area contributed by atoms with E-state index in [1.165, 1.54) is 12.4 Å². The summed E-state index contributed by atoms with van der Waals surface area (Å²) in [6, 6.07) is 2.77. The Kier molecular flexibility index (Phi) is 4.39. The van der Waals surface area contributed by atoms with Crippen LogP contribution in [0.5, 0.6) is 6.01 Å². The molecular weight excluding hydrogens is 320 g/mol. The van der Waals surface area contributed by atoms with Crippen LogP contribution in [0.3, 0.4) is 0 Å². The molecule has 0 saturated carbocycles. The van der Waals surface area contributed by atoms with Crippen molar-refractivity contribution in [2.45, 2.75) is 6.61 Å². The van der Waals surface area contributed by atoms with E-state index in [-0.39, 0.29) is 10.0 Å². The highest BCUT2D eigenvalue weighted by molar-refractivity contribution is 6.49. The molecule has 0 bridgehead atoms. The first-order chi connectivity index (χ1) is 8.99. The molecule has 1 aromatic carbocycles. The molecule has 0 saturated heterocycles. The highest BCUT2D eigenvalue weighted by Crippen LogP contribution is 2.37. The molecule has 0 N–H and O–H groups in total. The predicted octanol–water partition coefficient (Wildman–Crippen LogP) is 4.71. The fourth-order valence-electron chi connectivity index (χ4n) is 1.34. The highest BCUT2D eigenvalue weighted by atomic mass is 35.5. The molecule has 0 amide bonds. The van der Waals surface area contributed by atoms with Crippen molar-refractivity contribution in [3.05, 3.63) is 39.6 Å². The van der Waals surface area contributed by atoms with E-state index in [1.54, 1.807) is 12.1 Å². The molecule has 8 heteroatoms. The minimum atomic E-state index is -2.97. The third kappa shape index (κ3) is 3.23. The van der Waals surface area contributed by atoms with Gasteiger partial charge in [0.2, 0.25) is 0 Å². The Labute approximate surface area is 122 Å². The molecule has 0 radical (unpaired) electrons. The zero-order valence-corrected chi connectivity index (χ0v) is 11.3. The van der Waals surface area contributed by atoms with Crippen LogP contribution < -0.4 is 4.74 Å². The molecule has 2 aromatic rings. The van der Waals surface area contributed by atoms with Gasteiger partial charge in [0.25, 0.3) is 0 Å². The number of hydrogen-bond acceptors (Lipinski definition) is 3. The standard InChI is InChI=1S/C11H5Cl3F2N2O/c12-7-2-1-6(8(13)9(7)14)5-3-17-11(18-4-5)19-10(15)16/h1-4,10H. The van der Waals surface area contributed by atoms with Crippen molar-refractivity contribution in [1.29, 1.82) is 0 Å². The van der Waals surface area contributed by atoms with Crippen molar-refractivity contribution in [3.63, 3.8) is 0 Å². The van der Waals surface area contributed by atoms with E-state index in [4.69, 9.17) is 34.8 Å². The molecule has 0 aliphatic rings. The Morgan fingerprint density at radius 3 is 2.21 bits per heavy atom. The van der Waals surface area contributed by atoms with Crippen molar-refractivity contribution in [1.82, 2.24) is 9.97 Å². The lowest BCUT2D eigenvalue weighted by Crippen LogP contribution is -2.05. The second-order valence-electron chi connectivity index (χ2n) is 3.36. The Morgan fingerprint density at radius 2 is 1.63 bits per heavy atom. The SMILES string of the molecule is FC(F)Oc1ncc(-c2ccc(Cl)c(Cl)c2Cl)cn1. The summed E-state index contributed by atoms with van der Waals surface area (Å²) in [5.41, 5.74) is 1.05. The van der Waals surface area contributed by atoms with E-state index in [2.05, 4.69) is 14.7 Å². The summed E-state index contributed by atoms with van der Waals surface area (Å²) in [6.07, 6.45) is 2.60. The Morgan fingerprint density at radius 1 is 1.00 bits per heavy atom. The zero-order chi connectivity index (χ0) is 14.0. The zero-order valence-electron chi connectivity index (χ0n) is 9.08. The van der Waals surface area contributed by atoms with Crippen LogP contribution in [0.15, 0.2) is 24.5 Å². The van der Waals surface area contributed by atoms with E-state index < -0.39 is 12.6 Å². The summed E-state index contributed by atoms with van der Waals surface area (Å²) in [6.45, 7) is -2.97. The summed E-state index contributed by atoms with van der Waals surface area (Å²) in [7, 11) is 0. The molecule has 0 atom stereocenters. The van der Waals surface area contributed by atoms with E-state index in [1.807, 2.05) is 0 Å². The minimum absolute atomic E-state index is 0.203. The Hall–Kier alpha value is -1.17. The first-order valence-corrected chi connectivity index (χ1v) is 6.03. The van der Waals surface area contributed by atoms with Gasteiger partial charge in [0.15, 0.2) is 0 Å². The van der Waals surface area contributed by atoms with Gasteiger partial charge in [0, 0.05) is 23.5 Å². The van der Waals surface area contributed by atoms with E-state index in [0.29, 0.717) is 16.1 Å². The summed E-state index contributed by atoms with van der Waals surface area (Å²) < 4.78 is 27.9. The van der Waals surface area contributed by atoms with Crippen LogP contribution in [0.4, 0.5) is 8.78 Å².